The molecule has 4 unspecified atom stereocenters. The van der Waals surface area contributed by atoms with Crippen molar-refractivity contribution in [2.45, 2.75) is 89.3 Å². The number of aliphatic hydroxyl groups is 1. The molecule has 0 radical (unpaired) electrons. The second-order valence-corrected chi connectivity index (χ2v) is 6.67. The van der Waals surface area contributed by atoms with Crippen LogP contribution < -0.4 is 0 Å². The van der Waals surface area contributed by atoms with Gasteiger partial charge in [0.25, 0.3) is 0 Å². The van der Waals surface area contributed by atoms with E-state index in [-0.39, 0.29) is 11.5 Å². The summed E-state index contributed by atoms with van der Waals surface area (Å²) in [4.78, 5) is 0. The summed E-state index contributed by atoms with van der Waals surface area (Å²) < 4.78 is 12.1. The van der Waals surface area contributed by atoms with Crippen molar-refractivity contribution in [3.8, 4) is 0 Å². The Morgan fingerprint density at radius 3 is 2.22 bits per heavy atom. The average Bonchev–Trinajstić information content (AvgIpc) is 2.79. The molecule has 1 spiro atoms. The van der Waals surface area contributed by atoms with Crippen molar-refractivity contribution < 1.29 is 14.6 Å². The Labute approximate surface area is 110 Å². The SMILES string of the molecule is CC1CC(OC2CC(O)C23CCCC3)CC(C)O1. The summed E-state index contributed by atoms with van der Waals surface area (Å²) in [6.07, 6.45) is 8.85. The first kappa shape index (κ1) is 12.9. The molecule has 0 aromatic heterocycles. The quantitative estimate of drug-likeness (QED) is 0.823. The Hall–Kier alpha value is -0.120. The smallest absolute Gasteiger partial charge is 0.0684 e. The molecule has 3 rings (SSSR count). The van der Waals surface area contributed by atoms with Crippen LogP contribution in [0.1, 0.15) is 58.8 Å². The molecule has 0 aromatic rings. The van der Waals surface area contributed by atoms with Gasteiger partial charge in [-0.3, -0.25) is 0 Å². The fourth-order valence-corrected chi connectivity index (χ4v) is 4.29. The molecule has 3 fully saturated rings. The van der Waals surface area contributed by atoms with E-state index in [1.165, 1.54) is 12.8 Å². The zero-order valence-electron chi connectivity index (χ0n) is 11.6. The molecule has 18 heavy (non-hydrogen) atoms. The van der Waals surface area contributed by atoms with Gasteiger partial charge in [0, 0.05) is 11.8 Å². The Kier molecular flexibility index (Phi) is 3.41. The van der Waals surface area contributed by atoms with Gasteiger partial charge >= 0.3 is 0 Å². The summed E-state index contributed by atoms with van der Waals surface area (Å²) in [6.45, 7) is 4.26. The van der Waals surface area contributed by atoms with E-state index in [2.05, 4.69) is 13.8 Å². The summed E-state index contributed by atoms with van der Waals surface area (Å²) >= 11 is 0. The molecule has 3 nitrogen and oxygen atoms in total. The van der Waals surface area contributed by atoms with E-state index in [4.69, 9.17) is 9.47 Å². The molecule has 2 aliphatic carbocycles. The molecule has 0 aromatic carbocycles. The summed E-state index contributed by atoms with van der Waals surface area (Å²) in [5.41, 5.74) is 0.116. The van der Waals surface area contributed by atoms with Crippen molar-refractivity contribution in [3.63, 3.8) is 0 Å². The summed E-state index contributed by atoms with van der Waals surface area (Å²) in [5.74, 6) is 0. The minimum absolute atomic E-state index is 0.111. The molecular formula is C15H26O3. The van der Waals surface area contributed by atoms with Gasteiger partial charge in [-0.1, -0.05) is 12.8 Å². The first-order valence-electron chi connectivity index (χ1n) is 7.59. The van der Waals surface area contributed by atoms with Gasteiger partial charge in [0.1, 0.15) is 0 Å². The summed E-state index contributed by atoms with van der Waals surface area (Å²) in [6, 6.07) is 0. The highest BCUT2D eigenvalue weighted by molar-refractivity contribution is 5.06. The van der Waals surface area contributed by atoms with E-state index < -0.39 is 0 Å². The molecule has 1 N–H and O–H groups in total. The fourth-order valence-electron chi connectivity index (χ4n) is 4.29. The van der Waals surface area contributed by atoms with Crippen molar-refractivity contribution >= 4 is 0 Å². The highest BCUT2D eigenvalue weighted by atomic mass is 16.5. The molecule has 3 heteroatoms. The van der Waals surface area contributed by atoms with Gasteiger partial charge in [-0.15, -0.1) is 0 Å². The zero-order chi connectivity index (χ0) is 12.8. The van der Waals surface area contributed by atoms with Gasteiger partial charge in [0.15, 0.2) is 0 Å². The first-order chi connectivity index (χ1) is 8.60. The average molecular weight is 254 g/mol. The maximum absolute atomic E-state index is 10.1. The Morgan fingerprint density at radius 2 is 1.67 bits per heavy atom. The third-order valence-corrected chi connectivity index (χ3v) is 5.29. The van der Waals surface area contributed by atoms with E-state index in [1.54, 1.807) is 0 Å². The highest BCUT2D eigenvalue weighted by Crippen LogP contribution is 2.55. The van der Waals surface area contributed by atoms with Crippen LogP contribution in [0, 0.1) is 5.41 Å². The van der Waals surface area contributed by atoms with Crippen LogP contribution in [0.25, 0.3) is 0 Å². The molecule has 1 heterocycles. The standard InChI is InChI=1S/C15H26O3/c1-10-7-12(8-11(2)17-10)18-14-9-13(16)15(14)5-3-4-6-15/h10-14,16H,3-9H2,1-2H3. The third-order valence-electron chi connectivity index (χ3n) is 5.29. The second kappa shape index (κ2) is 4.77. The maximum atomic E-state index is 10.1. The molecule has 0 amide bonds. The number of ether oxygens (including phenoxy) is 2. The highest BCUT2D eigenvalue weighted by Gasteiger charge is 2.56. The minimum Gasteiger partial charge on any atom is -0.392 e. The first-order valence-corrected chi connectivity index (χ1v) is 7.59. The summed E-state index contributed by atoms with van der Waals surface area (Å²) in [5, 5.41) is 10.1. The van der Waals surface area contributed by atoms with E-state index in [0.29, 0.717) is 24.4 Å². The fraction of sp³-hybridized carbons (Fsp3) is 1.00. The van der Waals surface area contributed by atoms with Crippen LogP contribution in [0.2, 0.25) is 0 Å². The van der Waals surface area contributed by atoms with Gasteiger partial charge in [-0.25, -0.2) is 0 Å². The van der Waals surface area contributed by atoms with Crippen molar-refractivity contribution in [1.82, 2.24) is 0 Å². The largest absolute Gasteiger partial charge is 0.392 e. The van der Waals surface area contributed by atoms with Crippen LogP contribution in [0.4, 0.5) is 0 Å². The lowest BCUT2D eigenvalue weighted by Gasteiger charge is -2.53. The zero-order valence-corrected chi connectivity index (χ0v) is 11.6. The number of rotatable bonds is 2. The van der Waals surface area contributed by atoms with Gasteiger partial charge in [-0.2, -0.15) is 0 Å². The van der Waals surface area contributed by atoms with E-state index in [1.807, 2.05) is 0 Å². The predicted octanol–water partition coefficient (Wildman–Crippen LogP) is 2.65. The Bertz CT molecular complexity index is 288. The van der Waals surface area contributed by atoms with Gasteiger partial charge in [0.05, 0.1) is 30.5 Å². The molecule has 0 bridgehead atoms. The van der Waals surface area contributed by atoms with E-state index in [0.717, 1.165) is 32.1 Å². The van der Waals surface area contributed by atoms with Gasteiger partial charge in [-0.05, 0) is 39.5 Å². The van der Waals surface area contributed by atoms with Crippen molar-refractivity contribution in [3.05, 3.63) is 0 Å². The van der Waals surface area contributed by atoms with Crippen molar-refractivity contribution in [2.75, 3.05) is 0 Å². The monoisotopic (exact) mass is 254 g/mol. The van der Waals surface area contributed by atoms with E-state index in [9.17, 15) is 5.11 Å². The topological polar surface area (TPSA) is 38.7 Å². The van der Waals surface area contributed by atoms with Gasteiger partial charge in [0.2, 0.25) is 0 Å². The number of aliphatic hydroxyl groups excluding tert-OH is 1. The molecule has 1 saturated heterocycles. The van der Waals surface area contributed by atoms with Crippen LogP contribution in [0.15, 0.2) is 0 Å². The maximum Gasteiger partial charge on any atom is 0.0684 e. The Morgan fingerprint density at radius 1 is 1.06 bits per heavy atom. The second-order valence-electron chi connectivity index (χ2n) is 6.67. The Balaban J connectivity index is 1.60. The molecule has 2 saturated carbocycles. The van der Waals surface area contributed by atoms with Crippen LogP contribution in [0.5, 0.6) is 0 Å². The van der Waals surface area contributed by atoms with E-state index >= 15 is 0 Å². The normalized spacial score (nSPS) is 47.2. The summed E-state index contributed by atoms with van der Waals surface area (Å²) in [7, 11) is 0. The lowest BCUT2D eigenvalue weighted by molar-refractivity contribution is -0.225. The predicted molar refractivity (Wildman–Crippen MR) is 69.4 cm³/mol. The molecule has 3 aliphatic rings. The van der Waals surface area contributed by atoms with Crippen molar-refractivity contribution in [2.24, 2.45) is 5.41 Å². The third kappa shape index (κ3) is 2.10. The molecule has 4 atom stereocenters. The van der Waals surface area contributed by atoms with Crippen LogP contribution in [0.3, 0.4) is 0 Å². The van der Waals surface area contributed by atoms with Crippen LogP contribution >= 0.6 is 0 Å². The number of hydrogen-bond donors (Lipinski definition) is 1. The lowest BCUT2D eigenvalue weighted by atomic mass is 9.62. The lowest BCUT2D eigenvalue weighted by Crippen LogP contribution is -2.58. The molecule has 1 aliphatic heterocycles. The number of hydrogen-bond acceptors (Lipinski definition) is 3. The van der Waals surface area contributed by atoms with Crippen molar-refractivity contribution in [1.29, 1.82) is 0 Å². The molecular weight excluding hydrogens is 228 g/mol. The van der Waals surface area contributed by atoms with Gasteiger partial charge < -0.3 is 14.6 Å². The molecule has 104 valence electrons. The van der Waals surface area contributed by atoms with Crippen LogP contribution in [-0.2, 0) is 9.47 Å². The van der Waals surface area contributed by atoms with Crippen LogP contribution in [-0.4, -0.2) is 35.6 Å². The minimum atomic E-state index is -0.111.